The van der Waals surface area contributed by atoms with Gasteiger partial charge < -0.3 is 0 Å². The highest BCUT2D eigenvalue weighted by molar-refractivity contribution is 14.1. The van der Waals surface area contributed by atoms with E-state index in [0.29, 0.717) is 0 Å². The maximum absolute atomic E-state index is 4.31. The Labute approximate surface area is 88.0 Å². The molecule has 1 rings (SSSR count). The minimum Gasteiger partial charge on any atom is -0.255 e. The molecule has 0 aliphatic heterocycles. The van der Waals surface area contributed by atoms with E-state index in [1.807, 2.05) is 32.6 Å². The molecule has 0 atom stereocenters. The van der Waals surface area contributed by atoms with E-state index >= 15 is 0 Å². The van der Waals surface area contributed by atoms with Crippen molar-refractivity contribution >= 4 is 22.6 Å². The van der Waals surface area contributed by atoms with Crippen LogP contribution < -0.4 is 0 Å². The van der Waals surface area contributed by atoms with Crippen LogP contribution in [0.5, 0.6) is 0 Å². The molecule has 0 aromatic carbocycles. The highest BCUT2D eigenvalue weighted by Crippen LogP contribution is 2.04. The van der Waals surface area contributed by atoms with Crippen molar-refractivity contribution in [1.82, 2.24) is 9.97 Å². The number of hydrogen-bond acceptors (Lipinski definition) is 2. The van der Waals surface area contributed by atoms with Crippen LogP contribution in [0.3, 0.4) is 0 Å². The number of alkyl halides is 1. The minimum absolute atomic E-state index is 1.03. The minimum atomic E-state index is 1.03. The molecule has 0 saturated carbocycles. The summed E-state index contributed by atoms with van der Waals surface area (Å²) in [5.41, 5.74) is 4.12. The van der Waals surface area contributed by atoms with Crippen molar-refractivity contribution in [2.24, 2.45) is 0 Å². The van der Waals surface area contributed by atoms with E-state index in [4.69, 9.17) is 0 Å². The van der Waals surface area contributed by atoms with Gasteiger partial charge in [-0.15, -0.1) is 0 Å². The molecule has 3 heteroatoms. The van der Waals surface area contributed by atoms with Gasteiger partial charge in [0.15, 0.2) is 0 Å². The third kappa shape index (κ3) is 3.05. The first kappa shape index (κ1) is 11.8. The Hall–Kier alpha value is -0.190. The molecule has 0 N–H and O–H groups in total. The molecule has 0 fully saturated rings. The lowest BCUT2D eigenvalue weighted by Crippen LogP contribution is -1.97. The third-order valence-corrected chi connectivity index (χ3v) is 1.72. The standard InChI is InChI=1S/C8H12N2.CH3I/c1-5-6(2)10-8(4)7(3)9-5;1-2/h1-4H3;1H3. The molecule has 1 aromatic heterocycles. The number of nitrogens with zero attached hydrogens (tertiary/aromatic N) is 2. The first-order chi connectivity index (χ1) is 5.61. The Balaban J connectivity index is 0.000000561. The maximum atomic E-state index is 4.31. The van der Waals surface area contributed by atoms with Crippen molar-refractivity contribution in [2.75, 3.05) is 4.93 Å². The molecule has 0 amide bonds. The van der Waals surface area contributed by atoms with E-state index in [2.05, 4.69) is 32.6 Å². The van der Waals surface area contributed by atoms with Crippen LogP contribution in [0.25, 0.3) is 0 Å². The van der Waals surface area contributed by atoms with Gasteiger partial charge in [0.05, 0.1) is 22.8 Å². The maximum Gasteiger partial charge on any atom is 0.0588 e. The molecule has 0 spiro atoms. The van der Waals surface area contributed by atoms with Crippen molar-refractivity contribution in [3.63, 3.8) is 0 Å². The highest BCUT2D eigenvalue weighted by atomic mass is 127. The molecule has 0 radical (unpaired) electrons. The number of aromatic nitrogens is 2. The normalized spacial score (nSPS) is 8.83. The van der Waals surface area contributed by atoms with E-state index in [-0.39, 0.29) is 0 Å². The van der Waals surface area contributed by atoms with Gasteiger partial charge in [0.1, 0.15) is 0 Å². The van der Waals surface area contributed by atoms with E-state index in [1.165, 1.54) is 0 Å². The van der Waals surface area contributed by atoms with Crippen LogP contribution in [0.15, 0.2) is 0 Å². The van der Waals surface area contributed by atoms with Gasteiger partial charge in [0, 0.05) is 0 Å². The average Bonchev–Trinajstić information content (AvgIpc) is 2.05. The second-order valence-electron chi connectivity index (χ2n) is 2.57. The lowest BCUT2D eigenvalue weighted by Gasteiger charge is -2.01. The SMILES string of the molecule is CI.Cc1nc(C)c(C)nc1C. The Morgan fingerprint density at radius 3 is 1.00 bits per heavy atom. The summed E-state index contributed by atoms with van der Waals surface area (Å²) in [6.45, 7) is 7.92. The van der Waals surface area contributed by atoms with Gasteiger partial charge in [-0.1, -0.05) is 22.6 Å². The molecule has 12 heavy (non-hydrogen) atoms. The molecular weight excluding hydrogens is 263 g/mol. The Morgan fingerprint density at radius 2 is 0.833 bits per heavy atom. The van der Waals surface area contributed by atoms with Gasteiger partial charge >= 0.3 is 0 Å². The molecule has 0 saturated heterocycles. The molecule has 0 unspecified atom stereocenters. The Bertz CT molecular complexity index is 209. The summed E-state index contributed by atoms with van der Waals surface area (Å²) < 4.78 is 0. The predicted molar refractivity (Wildman–Crippen MR) is 60.9 cm³/mol. The molecular formula is C9H15IN2. The molecule has 0 aliphatic rings. The molecule has 0 aliphatic carbocycles. The third-order valence-electron chi connectivity index (χ3n) is 1.72. The van der Waals surface area contributed by atoms with Gasteiger partial charge in [-0.05, 0) is 32.6 Å². The molecule has 0 bridgehead atoms. The highest BCUT2D eigenvalue weighted by Gasteiger charge is 1.98. The van der Waals surface area contributed by atoms with Crippen molar-refractivity contribution in [2.45, 2.75) is 27.7 Å². The summed E-state index contributed by atoms with van der Waals surface area (Å²) in [6.07, 6.45) is 0. The summed E-state index contributed by atoms with van der Waals surface area (Å²) in [5.74, 6) is 0. The fourth-order valence-electron chi connectivity index (χ4n) is 0.827. The Morgan fingerprint density at radius 1 is 0.667 bits per heavy atom. The van der Waals surface area contributed by atoms with Gasteiger partial charge in [-0.2, -0.15) is 0 Å². The van der Waals surface area contributed by atoms with E-state index < -0.39 is 0 Å². The van der Waals surface area contributed by atoms with Crippen molar-refractivity contribution in [3.8, 4) is 0 Å². The average molecular weight is 278 g/mol. The zero-order chi connectivity index (χ0) is 9.72. The molecule has 2 nitrogen and oxygen atoms in total. The summed E-state index contributed by atoms with van der Waals surface area (Å²) in [7, 11) is 0. The van der Waals surface area contributed by atoms with Crippen LogP contribution in [0.2, 0.25) is 0 Å². The topological polar surface area (TPSA) is 25.8 Å². The van der Waals surface area contributed by atoms with E-state index in [9.17, 15) is 0 Å². The molecule has 1 heterocycles. The van der Waals surface area contributed by atoms with Crippen LogP contribution in [0.1, 0.15) is 22.8 Å². The van der Waals surface area contributed by atoms with Crippen LogP contribution in [-0.4, -0.2) is 14.9 Å². The summed E-state index contributed by atoms with van der Waals surface area (Å²) >= 11 is 2.15. The van der Waals surface area contributed by atoms with Gasteiger partial charge in [0.25, 0.3) is 0 Å². The zero-order valence-electron chi connectivity index (χ0n) is 8.27. The fraction of sp³-hybridized carbons (Fsp3) is 0.556. The van der Waals surface area contributed by atoms with Crippen LogP contribution in [0, 0.1) is 27.7 Å². The summed E-state index contributed by atoms with van der Waals surface area (Å²) in [4.78, 5) is 10.6. The predicted octanol–water partition coefficient (Wildman–Crippen LogP) is 2.76. The van der Waals surface area contributed by atoms with Crippen molar-refractivity contribution in [3.05, 3.63) is 22.8 Å². The summed E-state index contributed by atoms with van der Waals surface area (Å²) in [5, 5.41) is 0. The summed E-state index contributed by atoms with van der Waals surface area (Å²) in [6, 6.07) is 0. The fourth-order valence-corrected chi connectivity index (χ4v) is 0.827. The quantitative estimate of drug-likeness (QED) is 0.538. The second-order valence-corrected chi connectivity index (χ2v) is 2.57. The first-order valence-electron chi connectivity index (χ1n) is 3.77. The first-order valence-corrected chi connectivity index (χ1v) is 5.93. The van der Waals surface area contributed by atoms with Crippen molar-refractivity contribution in [1.29, 1.82) is 0 Å². The Kier molecular flexibility index (Phi) is 5.37. The van der Waals surface area contributed by atoms with Gasteiger partial charge in [-0.25, -0.2) is 0 Å². The number of hydrogen-bond donors (Lipinski definition) is 0. The number of halogens is 1. The van der Waals surface area contributed by atoms with Crippen LogP contribution in [0.4, 0.5) is 0 Å². The molecule has 1 aromatic rings. The smallest absolute Gasteiger partial charge is 0.0588 e. The number of rotatable bonds is 0. The van der Waals surface area contributed by atoms with Crippen LogP contribution in [-0.2, 0) is 0 Å². The lowest BCUT2D eigenvalue weighted by molar-refractivity contribution is 0.959. The van der Waals surface area contributed by atoms with Gasteiger partial charge in [-0.3, -0.25) is 9.97 Å². The second kappa shape index (κ2) is 5.45. The van der Waals surface area contributed by atoms with Gasteiger partial charge in [0.2, 0.25) is 0 Å². The zero-order valence-corrected chi connectivity index (χ0v) is 10.4. The number of aryl methyl sites for hydroxylation is 4. The lowest BCUT2D eigenvalue weighted by atomic mass is 10.3. The largest absolute Gasteiger partial charge is 0.255 e. The van der Waals surface area contributed by atoms with E-state index in [1.54, 1.807) is 0 Å². The molecule has 68 valence electrons. The van der Waals surface area contributed by atoms with Crippen molar-refractivity contribution < 1.29 is 0 Å². The van der Waals surface area contributed by atoms with E-state index in [0.717, 1.165) is 22.8 Å². The monoisotopic (exact) mass is 278 g/mol. The van der Waals surface area contributed by atoms with Crippen LogP contribution >= 0.6 is 22.6 Å².